The highest BCUT2D eigenvalue weighted by Gasteiger charge is 2.40. The van der Waals surface area contributed by atoms with E-state index in [1.807, 2.05) is 29.2 Å². The van der Waals surface area contributed by atoms with E-state index >= 15 is 0 Å². The van der Waals surface area contributed by atoms with Gasteiger partial charge in [0.2, 0.25) is 0 Å². The molecule has 0 radical (unpaired) electrons. The summed E-state index contributed by atoms with van der Waals surface area (Å²) in [6.45, 7) is 2.62. The Balaban J connectivity index is 1.63. The fourth-order valence-corrected chi connectivity index (χ4v) is 3.82. The van der Waals surface area contributed by atoms with Crippen molar-refractivity contribution in [3.8, 4) is 0 Å². The maximum atomic E-state index is 13.0. The van der Waals surface area contributed by atoms with Crippen LogP contribution in [0.5, 0.6) is 0 Å². The predicted octanol–water partition coefficient (Wildman–Crippen LogP) is 2.84. The number of carbonyl (C=O) groups is 2. The van der Waals surface area contributed by atoms with Gasteiger partial charge in [0.05, 0.1) is 17.2 Å². The lowest BCUT2D eigenvalue weighted by Gasteiger charge is -2.31. The van der Waals surface area contributed by atoms with E-state index in [0.29, 0.717) is 23.5 Å². The van der Waals surface area contributed by atoms with Crippen LogP contribution in [0.25, 0.3) is 0 Å². The molecule has 0 spiro atoms. The summed E-state index contributed by atoms with van der Waals surface area (Å²) < 4.78 is 0. The van der Waals surface area contributed by atoms with Gasteiger partial charge in [-0.05, 0) is 18.6 Å². The molecule has 28 heavy (non-hydrogen) atoms. The van der Waals surface area contributed by atoms with Crippen molar-refractivity contribution in [1.82, 2.24) is 14.7 Å². The number of imide groups is 1. The second-order valence-electron chi connectivity index (χ2n) is 7.09. The largest absolute Gasteiger partial charge is 0.333 e. The zero-order valence-electron chi connectivity index (χ0n) is 16.1. The molecule has 1 aromatic carbocycles. The van der Waals surface area contributed by atoms with Gasteiger partial charge in [-0.3, -0.25) is 14.5 Å². The van der Waals surface area contributed by atoms with Crippen LogP contribution >= 0.6 is 0 Å². The number of rotatable bonds is 6. The lowest BCUT2D eigenvalue weighted by molar-refractivity contribution is 0.0553. The second-order valence-corrected chi connectivity index (χ2v) is 7.09. The van der Waals surface area contributed by atoms with Crippen LogP contribution in [0.1, 0.15) is 46.9 Å². The molecule has 0 saturated carbocycles. The molecule has 3 aliphatic heterocycles. The molecular weight excluding hydrogens is 354 g/mol. The monoisotopic (exact) mass is 377 g/mol. The first-order chi connectivity index (χ1) is 13.6. The van der Waals surface area contributed by atoms with Crippen molar-refractivity contribution in [2.45, 2.75) is 32.2 Å². The molecule has 1 unspecified atom stereocenters. The van der Waals surface area contributed by atoms with Crippen LogP contribution in [-0.4, -0.2) is 58.6 Å². The van der Waals surface area contributed by atoms with Crippen molar-refractivity contribution < 1.29 is 9.59 Å². The van der Waals surface area contributed by atoms with E-state index in [9.17, 15) is 9.59 Å². The summed E-state index contributed by atoms with van der Waals surface area (Å²) in [6, 6.07) is 6.82. The third kappa shape index (κ3) is 3.02. The molecule has 3 heterocycles. The first kappa shape index (κ1) is 18.2. The Labute approximate surface area is 164 Å². The average molecular weight is 377 g/mol. The third-order valence-electron chi connectivity index (χ3n) is 5.23. The van der Waals surface area contributed by atoms with Gasteiger partial charge < -0.3 is 9.80 Å². The van der Waals surface area contributed by atoms with Gasteiger partial charge in [-0.15, -0.1) is 0 Å². The first-order valence-electron chi connectivity index (χ1n) is 9.57. The van der Waals surface area contributed by atoms with Crippen LogP contribution in [0.4, 0.5) is 0 Å². The number of carbonyl (C=O) groups excluding carboxylic acids is 2. The predicted molar refractivity (Wildman–Crippen MR) is 108 cm³/mol. The fourth-order valence-electron chi connectivity index (χ4n) is 3.82. The number of amides is 2. The molecule has 0 saturated heterocycles. The molecule has 0 aromatic heterocycles. The molecule has 0 N–H and O–H groups in total. The summed E-state index contributed by atoms with van der Waals surface area (Å²) in [5.74, 6) is 1.07. The Morgan fingerprint density at radius 1 is 1.00 bits per heavy atom. The highest BCUT2D eigenvalue weighted by Crippen LogP contribution is 2.30. The maximum absolute atomic E-state index is 13.0. The Morgan fingerprint density at radius 2 is 1.64 bits per heavy atom. The minimum atomic E-state index is -0.228. The summed E-state index contributed by atoms with van der Waals surface area (Å²) in [7, 11) is 1.94. The first-order valence-corrected chi connectivity index (χ1v) is 9.57. The Morgan fingerprint density at radius 3 is 2.25 bits per heavy atom. The van der Waals surface area contributed by atoms with E-state index in [4.69, 9.17) is 0 Å². The molecule has 1 aromatic rings. The van der Waals surface area contributed by atoms with E-state index in [1.54, 1.807) is 36.7 Å². The molecule has 4 rings (SSSR count). The average Bonchev–Trinajstić information content (AvgIpc) is 3.40. The normalized spacial score (nSPS) is 18.9. The summed E-state index contributed by atoms with van der Waals surface area (Å²) in [4.78, 5) is 40.0. The molecule has 0 bridgehead atoms. The highest BCUT2D eigenvalue weighted by molar-refractivity contribution is 6.21. The molecule has 7 heteroatoms. The van der Waals surface area contributed by atoms with Crippen LogP contribution in [0.3, 0.4) is 0 Å². The number of nitrogens with zero attached hydrogens (tertiary/aromatic N) is 5. The number of unbranched alkanes of at least 4 members (excludes halogenated alkanes) is 1. The topological polar surface area (TPSA) is 68.6 Å². The van der Waals surface area contributed by atoms with Gasteiger partial charge in [-0.25, -0.2) is 9.98 Å². The highest BCUT2D eigenvalue weighted by atomic mass is 16.2. The molecule has 2 amide bonds. The minimum absolute atomic E-state index is 0.204. The molecule has 0 fully saturated rings. The van der Waals surface area contributed by atoms with Crippen LogP contribution in [-0.2, 0) is 0 Å². The lowest BCUT2D eigenvalue weighted by Crippen LogP contribution is -2.45. The van der Waals surface area contributed by atoms with Crippen molar-refractivity contribution in [2.75, 3.05) is 13.6 Å². The van der Waals surface area contributed by atoms with E-state index in [0.717, 1.165) is 25.1 Å². The van der Waals surface area contributed by atoms with E-state index in [-0.39, 0.29) is 17.9 Å². The third-order valence-corrected chi connectivity index (χ3v) is 5.23. The van der Waals surface area contributed by atoms with Gasteiger partial charge >= 0.3 is 0 Å². The zero-order valence-corrected chi connectivity index (χ0v) is 16.1. The molecule has 0 aliphatic carbocycles. The number of hydrogen-bond acceptors (Lipinski definition) is 6. The number of benzene rings is 1. The fraction of sp³-hybridized carbons (Fsp3) is 0.333. The van der Waals surface area contributed by atoms with E-state index in [2.05, 4.69) is 16.9 Å². The summed E-state index contributed by atoms with van der Waals surface area (Å²) >= 11 is 0. The SMILES string of the molecule is CCCCC(CN1C=CN(C)C1=C1N=CC=N1)N1C(=O)c2ccccc2C1=O. The molecule has 144 valence electrons. The number of fused-ring (bicyclic) bond motifs is 1. The van der Waals surface area contributed by atoms with Crippen molar-refractivity contribution in [3.63, 3.8) is 0 Å². The van der Waals surface area contributed by atoms with Gasteiger partial charge in [0.25, 0.3) is 11.8 Å². The van der Waals surface area contributed by atoms with Gasteiger partial charge in [0.15, 0.2) is 11.6 Å². The zero-order chi connectivity index (χ0) is 19.7. The summed E-state index contributed by atoms with van der Waals surface area (Å²) in [5, 5.41) is 0. The number of aliphatic imine (C=N–C) groups is 2. The summed E-state index contributed by atoms with van der Waals surface area (Å²) in [5.41, 5.74) is 0.985. The van der Waals surface area contributed by atoms with Crippen LogP contribution < -0.4 is 0 Å². The number of hydrogen-bond donors (Lipinski definition) is 0. The van der Waals surface area contributed by atoms with E-state index < -0.39 is 0 Å². The quantitative estimate of drug-likeness (QED) is 0.715. The van der Waals surface area contributed by atoms with Crippen LogP contribution in [0.2, 0.25) is 0 Å². The maximum Gasteiger partial charge on any atom is 0.261 e. The van der Waals surface area contributed by atoms with Gasteiger partial charge in [-0.1, -0.05) is 31.9 Å². The molecule has 1 atom stereocenters. The van der Waals surface area contributed by atoms with Crippen molar-refractivity contribution >= 4 is 24.2 Å². The Hall–Kier alpha value is -3.22. The van der Waals surface area contributed by atoms with Crippen LogP contribution in [0, 0.1) is 0 Å². The van der Waals surface area contributed by atoms with Crippen LogP contribution in [0.15, 0.2) is 58.3 Å². The van der Waals surface area contributed by atoms with Crippen molar-refractivity contribution in [3.05, 3.63) is 59.4 Å². The Kier molecular flexibility index (Phi) is 4.81. The lowest BCUT2D eigenvalue weighted by atomic mass is 10.1. The standard InChI is InChI=1S/C21H23N5O2/c1-3-4-7-15(26-20(27)16-8-5-6-9-17(16)21(26)28)14-25-13-12-24(2)19(25)18-22-10-11-23-18/h5-6,8-13,15H,3-4,7,14H2,1-2H3. The van der Waals surface area contributed by atoms with E-state index in [1.165, 1.54) is 4.90 Å². The van der Waals surface area contributed by atoms with Gasteiger partial charge in [0.1, 0.15) is 0 Å². The smallest absolute Gasteiger partial charge is 0.261 e. The summed E-state index contributed by atoms with van der Waals surface area (Å²) in [6.07, 6.45) is 9.89. The molecular formula is C21H23N5O2. The molecule has 7 nitrogen and oxygen atoms in total. The van der Waals surface area contributed by atoms with Crippen molar-refractivity contribution in [2.24, 2.45) is 9.98 Å². The Bertz CT molecular complexity index is 881. The van der Waals surface area contributed by atoms with Gasteiger partial charge in [0, 0.05) is 38.4 Å². The molecule has 3 aliphatic rings. The minimum Gasteiger partial charge on any atom is -0.333 e. The van der Waals surface area contributed by atoms with Gasteiger partial charge in [-0.2, -0.15) is 0 Å². The van der Waals surface area contributed by atoms with Crippen molar-refractivity contribution in [1.29, 1.82) is 0 Å². The second kappa shape index (κ2) is 7.42.